The van der Waals surface area contributed by atoms with Crippen molar-refractivity contribution >= 4 is 42.4 Å². The number of pyridine rings is 1. The molecule has 41 heavy (non-hydrogen) atoms. The van der Waals surface area contributed by atoms with Crippen LogP contribution in [0.4, 0.5) is 0 Å². The average molecular weight is 538 g/mol. The topological polar surface area (TPSA) is 12.9 Å². The van der Waals surface area contributed by atoms with Gasteiger partial charge in [0.05, 0.1) is 5.52 Å². The van der Waals surface area contributed by atoms with Crippen molar-refractivity contribution in [3.05, 3.63) is 140 Å². The molecule has 8 aromatic rings. The van der Waals surface area contributed by atoms with Gasteiger partial charge in [0.15, 0.2) is 0 Å². The Bertz CT molecular complexity index is 2320. The number of hydrogen-bond acceptors (Lipinski definition) is 2. The molecule has 6 aromatic carbocycles. The Hall–Kier alpha value is -5.05. The summed E-state index contributed by atoms with van der Waals surface area (Å²) in [6, 6.07) is 48.9. The van der Waals surface area contributed by atoms with Gasteiger partial charge in [0.1, 0.15) is 0 Å². The van der Waals surface area contributed by atoms with Crippen LogP contribution in [0.15, 0.2) is 140 Å². The molecule has 2 aromatic heterocycles. The summed E-state index contributed by atoms with van der Waals surface area (Å²) >= 11 is 1.89. The summed E-state index contributed by atoms with van der Waals surface area (Å²) in [5.74, 6) is 0. The summed E-state index contributed by atoms with van der Waals surface area (Å²) in [6.07, 6.45) is 1.88. The monoisotopic (exact) mass is 537 g/mol. The second-order valence-electron chi connectivity index (χ2n) is 10.7. The molecule has 0 aliphatic heterocycles. The first-order valence-electron chi connectivity index (χ1n) is 14.0. The molecule has 0 atom stereocenters. The molecule has 0 saturated heterocycles. The van der Waals surface area contributed by atoms with E-state index in [0.29, 0.717) is 0 Å². The van der Waals surface area contributed by atoms with Crippen LogP contribution in [-0.2, 0) is 0 Å². The minimum atomic E-state index is 1.02. The van der Waals surface area contributed by atoms with E-state index in [4.69, 9.17) is 4.98 Å². The Morgan fingerprint density at radius 3 is 1.85 bits per heavy atom. The van der Waals surface area contributed by atoms with Crippen LogP contribution in [0, 0.1) is 0 Å². The van der Waals surface area contributed by atoms with Crippen LogP contribution in [-0.4, -0.2) is 4.98 Å². The summed E-state index contributed by atoms with van der Waals surface area (Å²) in [5, 5.41) is 3.81. The lowest BCUT2D eigenvalue weighted by molar-refractivity contribution is 1.41. The number of thiophene rings is 1. The lowest BCUT2D eigenvalue weighted by Gasteiger charge is -2.25. The van der Waals surface area contributed by atoms with E-state index >= 15 is 0 Å². The summed E-state index contributed by atoms with van der Waals surface area (Å²) in [5.41, 5.74) is 13.6. The van der Waals surface area contributed by atoms with Gasteiger partial charge in [-0.1, -0.05) is 109 Å². The van der Waals surface area contributed by atoms with Crippen molar-refractivity contribution < 1.29 is 0 Å². The molecule has 190 valence electrons. The highest BCUT2D eigenvalue weighted by atomic mass is 32.1. The predicted molar refractivity (Wildman–Crippen MR) is 175 cm³/mol. The molecule has 1 nitrogen and oxygen atoms in total. The third-order valence-electron chi connectivity index (χ3n) is 8.50. The quantitative estimate of drug-likeness (QED) is 0.203. The standard InChI is InChI=1S/C39H23NS/c1-2-12-26-25(11-1)30-16-7-17-31(33-19-8-18-32-28-14-5-6-20-37(28)41-39(32)33)38(30)29-15-4-3-13-27(29)34-22-24-10-9-21-40-36(24)23-35(26)34/h1-23H. The van der Waals surface area contributed by atoms with Crippen molar-refractivity contribution in [1.82, 2.24) is 4.98 Å². The first-order chi connectivity index (χ1) is 20.3. The zero-order chi connectivity index (χ0) is 26.9. The molecule has 0 radical (unpaired) electrons. The predicted octanol–water partition coefficient (Wildman–Crippen LogP) is 11.3. The fraction of sp³-hybridized carbons (Fsp3) is 0. The smallest absolute Gasteiger partial charge is 0.0708 e. The third-order valence-corrected chi connectivity index (χ3v) is 9.72. The Morgan fingerprint density at radius 1 is 0.415 bits per heavy atom. The third kappa shape index (κ3) is 3.32. The van der Waals surface area contributed by atoms with Crippen LogP contribution in [0.2, 0.25) is 0 Å². The number of aromatic nitrogens is 1. The van der Waals surface area contributed by atoms with Gasteiger partial charge in [0.25, 0.3) is 0 Å². The molecule has 0 bridgehead atoms. The Balaban J connectivity index is 1.44. The zero-order valence-electron chi connectivity index (χ0n) is 22.1. The van der Waals surface area contributed by atoms with Crippen LogP contribution in [0.5, 0.6) is 0 Å². The lowest BCUT2D eigenvalue weighted by atomic mass is 9.78. The molecule has 0 spiro atoms. The Kier molecular flexibility index (Phi) is 4.84. The number of hydrogen-bond donors (Lipinski definition) is 0. The lowest BCUT2D eigenvalue weighted by Crippen LogP contribution is -1.99. The fourth-order valence-corrected chi connectivity index (χ4v) is 7.94. The second-order valence-corrected chi connectivity index (χ2v) is 11.7. The molecule has 0 amide bonds. The van der Waals surface area contributed by atoms with Crippen LogP contribution in [0.3, 0.4) is 0 Å². The van der Waals surface area contributed by atoms with Crippen LogP contribution in [0.1, 0.15) is 0 Å². The maximum Gasteiger partial charge on any atom is 0.0708 e. The van der Waals surface area contributed by atoms with Crippen LogP contribution in [0.25, 0.3) is 86.7 Å². The van der Waals surface area contributed by atoms with E-state index in [1.807, 2.05) is 23.6 Å². The van der Waals surface area contributed by atoms with Crippen LogP contribution < -0.4 is 0 Å². The molecule has 9 rings (SSSR count). The van der Waals surface area contributed by atoms with Crippen molar-refractivity contribution in [2.45, 2.75) is 0 Å². The number of rotatable bonds is 1. The summed E-state index contributed by atoms with van der Waals surface area (Å²) in [6.45, 7) is 0. The van der Waals surface area contributed by atoms with Gasteiger partial charge in [-0.3, -0.25) is 4.98 Å². The molecular formula is C39H23NS. The van der Waals surface area contributed by atoms with E-state index in [1.54, 1.807) is 0 Å². The maximum atomic E-state index is 4.72. The van der Waals surface area contributed by atoms with E-state index in [2.05, 4.69) is 127 Å². The molecular weight excluding hydrogens is 515 g/mol. The van der Waals surface area contributed by atoms with E-state index in [9.17, 15) is 0 Å². The molecule has 2 heteroatoms. The van der Waals surface area contributed by atoms with Gasteiger partial charge in [0, 0.05) is 37.3 Å². The molecule has 0 saturated carbocycles. The van der Waals surface area contributed by atoms with Crippen molar-refractivity contribution in [2.75, 3.05) is 0 Å². The molecule has 1 aliphatic carbocycles. The van der Waals surface area contributed by atoms with Crippen molar-refractivity contribution in [1.29, 1.82) is 0 Å². The SMILES string of the molecule is c1ccc2c(c1)-c1cc3ncccc3cc1-c1ccccc1-c1c-2cccc1-c1cccc2c1sc1ccccc12. The van der Waals surface area contributed by atoms with Gasteiger partial charge < -0.3 is 0 Å². The summed E-state index contributed by atoms with van der Waals surface area (Å²) < 4.78 is 2.67. The molecule has 0 fully saturated rings. The highest BCUT2D eigenvalue weighted by molar-refractivity contribution is 7.26. The van der Waals surface area contributed by atoms with Gasteiger partial charge >= 0.3 is 0 Å². The molecule has 1 aliphatic rings. The number of benzene rings is 6. The zero-order valence-corrected chi connectivity index (χ0v) is 23.0. The van der Waals surface area contributed by atoms with Crippen molar-refractivity contribution in [3.8, 4) is 55.6 Å². The van der Waals surface area contributed by atoms with E-state index in [-0.39, 0.29) is 0 Å². The van der Waals surface area contributed by atoms with E-state index in [1.165, 1.54) is 75.8 Å². The number of nitrogens with zero attached hydrogens (tertiary/aromatic N) is 1. The maximum absolute atomic E-state index is 4.72. The molecule has 2 heterocycles. The van der Waals surface area contributed by atoms with Gasteiger partial charge in [-0.2, -0.15) is 0 Å². The minimum absolute atomic E-state index is 1.02. The fourth-order valence-electron chi connectivity index (χ4n) is 6.71. The summed E-state index contributed by atoms with van der Waals surface area (Å²) in [4.78, 5) is 4.72. The average Bonchev–Trinajstić information content (AvgIpc) is 3.42. The van der Waals surface area contributed by atoms with Gasteiger partial charge in [0.2, 0.25) is 0 Å². The van der Waals surface area contributed by atoms with E-state index < -0.39 is 0 Å². The Morgan fingerprint density at radius 2 is 1.00 bits per heavy atom. The normalized spacial score (nSPS) is 11.9. The highest BCUT2D eigenvalue weighted by Gasteiger charge is 2.25. The second kappa shape index (κ2) is 8.72. The summed E-state index contributed by atoms with van der Waals surface area (Å²) in [7, 11) is 0. The van der Waals surface area contributed by atoms with E-state index in [0.717, 1.165) is 10.9 Å². The molecule has 0 unspecified atom stereocenters. The minimum Gasteiger partial charge on any atom is -0.256 e. The first kappa shape index (κ1) is 22.7. The van der Waals surface area contributed by atoms with Crippen molar-refractivity contribution in [2.24, 2.45) is 0 Å². The van der Waals surface area contributed by atoms with Gasteiger partial charge in [-0.15, -0.1) is 11.3 Å². The van der Waals surface area contributed by atoms with Gasteiger partial charge in [-0.05, 0) is 74.3 Å². The van der Waals surface area contributed by atoms with Crippen molar-refractivity contribution in [3.63, 3.8) is 0 Å². The largest absolute Gasteiger partial charge is 0.256 e. The molecule has 0 N–H and O–H groups in total. The Labute approximate surface area is 242 Å². The highest BCUT2D eigenvalue weighted by Crippen LogP contribution is 2.52. The van der Waals surface area contributed by atoms with Crippen LogP contribution >= 0.6 is 11.3 Å². The van der Waals surface area contributed by atoms with Gasteiger partial charge in [-0.25, -0.2) is 0 Å². The number of fused-ring (bicyclic) bond motifs is 12. The first-order valence-corrected chi connectivity index (χ1v) is 14.8.